The number of benzene rings is 2. The number of H-pyrrole nitrogens is 1. The minimum absolute atomic E-state index is 0.0674. The molecule has 1 amide bonds. The molecule has 2 aromatic heterocycles. The topological polar surface area (TPSA) is 95.5 Å². The van der Waals surface area contributed by atoms with E-state index in [1.54, 1.807) is 18.5 Å². The van der Waals surface area contributed by atoms with Crippen LogP contribution in [0.1, 0.15) is 56.0 Å². The van der Waals surface area contributed by atoms with Crippen molar-refractivity contribution in [3.63, 3.8) is 0 Å². The Bertz CT molecular complexity index is 1550. The second-order valence-corrected chi connectivity index (χ2v) is 10.5. The van der Waals surface area contributed by atoms with Crippen molar-refractivity contribution in [2.24, 2.45) is 0 Å². The lowest BCUT2D eigenvalue weighted by atomic mass is 9.84. The Morgan fingerprint density at radius 3 is 2.53 bits per heavy atom. The van der Waals surface area contributed by atoms with Crippen molar-refractivity contribution in [2.45, 2.75) is 45.7 Å². The molecule has 0 spiro atoms. The van der Waals surface area contributed by atoms with Gasteiger partial charge in [-0.05, 0) is 54.3 Å². The van der Waals surface area contributed by atoms with Gasteiger partial charge < -0.3 is 19.7 Å². The third-order valence-electron chi connectivity index (χ3n) is 6.92. The van der Waals surface area contributed by atoms with Crippen LogP contribution in [-0.2, 0) is 21.5 Å². The van der Waals surface area contributed by atoms with Crippen LogP contribution in [0.4, 0.5) is 0 Å². The number of aromatic nitrogens is 2. The van der Waals surface area contributed by atoms with Crippen LogP contribution in [0.2, 0.25) is 0 Å². The maximum atomic E-state index is 13.6. The van der Waals surface area contributed by atoms with Crippen LogP contribution in [0.15, 0.2) is 78.8 Å². The molecule has 3 heterocycles. The van der Waals surface area contributed by atoms with Crippen molar-refractivity contribution >= 4 is 28.4 Å². The molecule has 1 fully saturated rings. The zero-order valence-corrected chi connectivity index (χ0v) is 22.0. The van der Waals surface area contributed by atoms with Gasteiger partial charge in [-0.25, -0.2) is 0 Å². The van der Waals surface area contributed by atoms with Crippen LogP contribution in [-0.4, -0.2) is 38.3 Å². The van der Waals surface area contributed by atoms with Gasteiger partial charge in [-0.1, -0.05) is 39.0 Å². The van der Waals surface area contributed by atoms with Gasteiger partial charge in [-0.15, -0.1) is 0 Å². The number of hydrogen-bond donors (Lipinski definition) is 2. The molecular weight excluding hydrogens is 478 g/mol. The lowest BCUT2D eigenvalue weighted by Gasteiger charge is -2.26. The maximum absolute atomic E-state index is 13.6. The Kier molecular flexibility index (Phi) is 6.53. The summed E-state index contributed by atoms with van der Waals surface area (Å²) in [5, 5.41) is 12.5. The van der Waals surface area contributed by atoms with Crippen molar-refractivity contribution in [3.8, 4) is 5.75 Å². The van der Waals surface area contributed by atoms with E-state index in [1.165, 1.54) is 4.90 Å². The fourth-order valence-corrected chi connectivity index (χ4v) is 5.07. The van der Waals surface area contributed by atoms with Crippen molar-refractivity contribution in [1.82, 2.24) is 14.9 Å². The SMILES string of the molecule is CCOc1ccc(/C(O)=C2\C(=O)C(=O)N(Cc3ccncc3)C2c2c[nH]c3ccccc23)cc1C(C)(C)C. The van der Waals surface area contributed by atoms with Crippen LogP contribution in [0.25, 0.3) is 16.7 Å². The average molecular weight is 510 g/mol. The number of aromatic amines is 1. The number of aliphatic hydroxyl groups excluding tert-OH is 1. The number of ether oxygens (including phenoxy) is 1. The highest BCUT2D eigenvalue weighted by molar-refractivity contribution is 6.46. The van der Waals surface area contributed by atoms with Gasteiger partial charge in [0.15, 0.2) is 0 Å². The van der Waals surface area contributed by atoms with Gasteiger partial charge in [0.2, 0.25) is 0 Å². The third-order valence-corrected chi connectivity index (χ3v) is 6.92. The lowest BCUT2D eigenvalue weighted by molar-refractivity contribution is -0.140. The summed E-state index contributed by atoms with van der Waals surface area (Å²) in [4.78, 5) is 35.8. The summed E-state index contributed by atoms with van der Waals surface area (Å²) in [6.45, 7) is 8.82. The second-order valence-electron chi connectivity index (χ2n) is 10.5. The van der Waals surface area contributed by atoms with Gasteiger partial charge in [0.1, 0.15) is 11.5 Å². The lowest BCUT2D eigenvalue weighted by Crippen LogP contribution is -2.29. The minimum Gasteiger partial charge on any atom is -0.507 e. The van der Waals surface area contributed by atoms with Crippen LogP contribution >= 0.6 is 0 Å². The number of nitrogens with zero attached hydrogens (tertiary/aromatic N) is 2. The predicted molar refractivity (Wildman–Crippen MR) is 147 cm³/mol. The van der Waals surface area contributed by atoms with Crippen LogP contribution in [0, 0.1) is 0 Å². The molecule has 5 rings (SSSR count). The molecule has 0 saturated carbocycles. The van der Waals surface area contributed by atoms with Crippen molar-refractivity contribution < 1.29 is 19.4 Å². The Balaban J connectivity index is 1.71. The molecular formula is C31H31N3O4. The monoisotopic (exact) mass is 509 g/mol. The van der Waals surface area contributed by atoms with Crippen molar-refractivity contribution in [1.29, 1.82) is 0 Å². The molecule has 1 aliphatic heterocycles. The standard InChI is InChI=1S/C31H31N3O4/c1-5-38-25-11-10-20(16-23(25)31(2,3)4)28(35)26-27(22-17-33-24-9-7-6-8-21(22)24)34(30(37)29(26)36)18-19-12-14-32-15-13-19/h6-17,27,33,35H,5,18H2,1-4H3/b28-26+. The quantitative estimate of drug-likeness (QED) is 0.192. The fraction of sp³-hybridized carbons (Fsp3) is 0.258. The summed E-state index contributed by atoms with van der Waals surface area (Å²) < 4.78 is 5.84. The first kappa shape index (κ1) is 25.3. The van der Waals surface area contributed by atoms with Crippen molar-refractivity contribution in [2.75, 3.05) is 6.61 Å². The first-order valence-electron chi connectivity index (χ1n) is 12.7. The molecule has 0 radical (unpaired) electrons. The van der Waals surface area contributed by atoms with E-state index in [4.69, 9.17) is 4.74 Å². The number of Topliss-reactive ketones (excluding diaryl/α,β-unsaturated/α-hetero) is 1. The minimum atomic E-state index is -0.774. The molecule has 1 atom stereocenters. The number of carbonyl (C=O) groups is 2. The molecule has 7 heteroatoms. The molecule has 38 heavy (non-hydrogen) atoms. The molecule has 7 nitrogen and oxygen atoms in total. The van der Waals surface area contributed by atoms with E-state index in [0.717, 1.165) is 33.3 Å². The van der Waals surface area contributed by atoms with Crippen LogP contribution in [0.3, 0.4) is 0 Å². The molecule has 1 unspecified atom stereocenters. The molecule has 0 bridgehead atoms. The van der Waals surface area contributed by atoms with Crippen LogP contribution < -0.4 is 4.74 Å². The van der Waals surface area contributed by atoms with Gasteiger partial charge in [-0.2, -0.15) is 0 Å². The summed E-state index contributed by atoms with van der Waals surface area (Å²) in [5.41, 5.74) is 3.62. The molecule has 1 aliphatic rings. The summed E-state index contributed by atoms with van der Waals surface area (Å²) >= 11 is 0. The number of carbonyl (C=O) groups excluding carboxylic acids is 2. The number of nitrogens with one attached hydrogen (secondary N) is 1. The summed E-state index contributed by atoms with van der Waals surface area (Å²) in [6.07, 6.45) is 5.12. The largest absolute Gasteiger partial charge is 0.507 e. The number of rotatable bonds is 6. The number of ketones is 1. The zero-order valence-electron chi connectivity index (χ0n) is 22.0. The Morgan fingerprint density at radius 2 is 1.82 bits per heavy atom. The Labute approximate surface area is 221 Å². The Morgan fingerprint density at radius 1 is 1.08 bits per heavy atom. The molecule has 1 saturated heterocycles. The smallest absolute Gasteiger partial charge is 0.295 e. The number of para-hydroxylation sites is 1. The van der Waals surface area contributed by atoms with E-state index in [0.29, 0.717) is 12.2 Å². The number of amides is 1. The van der Waals surface area contributed by atoms with Crippen LogP contribution in [0.5, 0.6) is 5.75 Å². The number of hydrogen-bond acceptors (Lipinski definition) is 5. The summed E-state index contributed by atoms with van der Waals surface area (Å²) in [6, 6.07) is 16.0. The van der Waals surface area contributed by atoms with E-state index in [-0.39, 0.29) is 23.3 Å². The number of likely N-dealkylation sites (tertiary alicyclic amines) is 1. The highest BCUT2D eigenvalue weighted by atomic mass is 16.5. The average Bonchev–Trinajstić information content (AvgIpc) is 3.43. The summed E-state index contributed by atoms with van der Waals surface area (Å²) in [7, 11) is 0. The first-order chi connectivity index (χ1) is 18.2. The number of fused-ring (bicyclic) bond motifs is 1. The van der Waals surface area contributed by atoms with Crippen molar-refractivity contribution in [3.05, 3.63) is 101 Å². The van der Waals surface area contributed by atoms with Gasteiger partial charge in [0, 0.05) is 52.7 Å². The van der Waals surface area contributed by atoms with Gasteiger partial charge >= 0.3 is 0 Å². The van der Waals surface area contributed by atoms with E-state index in [1.807, 2.05) is 61.7 Å². The Hall–Kier alpha value is -4.39. The fourth-order valence-electron chi connectivity index (χ4n) is 5.07. The molecule has 2 aromatic carbocycles. The third kappa shape index (κ3) is 4.45. The molecule has 2 N–H and O–H groups in total. The van der Waals surface area contributed by atoms with E-state index in [9.17, 15) is 14.7 Å². The number of aliphatic hydroxyl groups is 1. The van der Waals surface area contributed by atoms with E-state index < -0.39 is 17.7 Å². The highest BCUT2D eigenvalue weighted by Gasteiger charge is 2.47. The molecule has 4 aromatic rings. The van der Waals surface area contributed by atoms with E-state index in [2.05, 4.69) is 30.7 Å². The maximum Gasteiger partial charge on any atom is 0.295 e. The summed E-state index contributed by atoms with van der Waals surface area (Å²) in [5.74, 6) is -0.842. The first-order valence-corrected chi connectivity index (χ1v) is 12.7. The number of pyridine rings is 1. The second kappa shape index (κ2) is 9.82. The van der Waals surface area contributed by atoms with Gasteiger partial charge in [-0.3, -0.25) is 14.6 Å². The molecule has 0 aliphatic carbocycles. The normalized spacial score (nSPS) is 17.4. The molecule has 194 valence electrons. The van der Waals surface area contributed by atoms with E-state index >= 15 is 0 Å². The van der Waals surface area contributed by atoms with Gasteiger partial charge in [0.25, 0.3) is 11.7 Å². The zero-order chi connectivity index (χ0) is 27.0. The van der Waals surface area contributed by atoms with Gasteiger partial charge in [0.05, 0.1) is 18.2 Å². The highest BCUT2D eigenvalue weighted by Crippen LogP contribution is 2.43. The predicted octanol–water partition coefficient (Wildman–Crippen LogP) is 5.88.